The second-order valence-corrected chi connectivity index (χ2v) is 5.75. The van der Waals surface area contributed by atoms with Gasteiger partial charge in [0.05, 0.1) is 6.04 Å². The van der Waals surface area contributed by atoms with Crippen LogP contribution in [-0.4, -0.2) is 7.05 Å². The fourth-order valence-corrected chi connectivity index (χ4v) is 2.89. The van der Waals surface area contributed by atoms with E-state index in [0.717, 1.165) is 16.7 Å². The highest BCUT2D eigenvalue weighted by atomic mass is 35.5. The summed E-state index contributed by atoms with van der Waals surface area (Å²) in [7, 11) is 1.84. The second kappa shape index (κ2) is 6.13. The minimum Gasteiger partial charge on any atom is -0.309 e. The summed E-state index contributed by atoms with van der Waals surface area (Å²) in [6, 6.07) is 8.84. The van der Waals surface area contributed by atoms with Crippen LogP contribution in [0, 0.1) is 19.7 Å². The van der Waals surface area contributed by atoms with Crippen LogP contribution in [0.1, 0.15) is 28.3 Å². The molecule has 106 valence electrons. The van der Waals surface area contributed by atoms with E-state index in [1.807, 2.05) is 32.2 Å². The number of hydrogen-bond donors (Lipinski definition) is 1. The first-order valence-electron chi connectivity index (χ1n) is 6.32. The Labute approximate surface area is 128 Å². The van der Waals surface area contributed by atoms with Crippen LogP contribution in [0.25, 0.3) is 0 Å². The maximum atomic E-state index is 13.5. The van der Waals surface area contributed by atoms with E-state index < -0.39 is 0 Å². The molecule has 0 amide bonds. The first-order valence-corrected chi connectivity index (χ1v) is 7.08. The van der Waals surface area contributed by atoms with Crippen LogP contribution in [0.15, 0.2) is 30.3 Å². The van der Waals surface area contributed by atoms with Crippen molar-refractivity contribution in [2.24, 2.45) is 0 Å². The Hall–Kier alpha value is -1.09. The van der Waals surface area contributed by atoms with Gasteiger partial charge in [0.15, 0.2) is 0 Å². The summed E-state index contributed by atoms with van der Waals surface area (Å²) in [5.41, 5.74) is 3.49. The highest BCUT2D eigenvalue weighted by molar-refractivity contribution is 6.31. The molecular formula is C16H16Cl2FN. The average Bonchev–Trinajstić information content (AvgIpc) is 2.35. The molecule has 0 aliphatic heterocycles. The molecule has 0 saturated carbocycles. The van der Waals surface area contributed by atoms with Crippen molar-refractivity contribution in [2.45, 2.75) is 19.9 Å². The minimum absolute atomic E-state index is 0.126. The van der Waals surface area contributed by atoms with Gasteiger partial charge in [0.25, 0.3) is 0 Å². The maximum absolute atomic E-state index is 13.5. The first-order chi connectivity index (χ1) is 9.42. The molecule has 0 fully saturated rings. The van der Waals surface area contributed by atoms with Gasteiger partial charge in [0.1, 0.15) is 5.82 Å². The van der Waals surface area contributed by atoms with Crippen LogP contribution in [0.5, 0.6) is 0 Å². The van der Waals surface area contributed by atoms with E-state index in [1.165, 1.54) is 6.07 Å². The van der Waals surface area contributed by atoms with Gasteiger partial charge in [0.2, 0.25) is 0 Å². The lowest BCUT2D eigenvalue weighted by Crippen LogP contribution is -2.18. The van der Waals surface area contributed by atoms with Gasteiger partial charge in [-0.2, -0.15) is 0 Å². The molecule has 2 aromatic carbocycles. The molecule has 0 aliphatic rings. The third-order valence-electron chi connectivity index (χ3n) is 3.28. The molecule has 0 spiro atoms. The summed E-state index contributed by atoms with van der Waals surface area (Å²) >= 11 is 12.3. The molecule has 0 heterocycles. The standard InChI is InChI=1S/C16H16Cl2FN/c1-9-4-11(7-12(17)5-9)16(20-3)13-6-10(2)15(19)8-14(13)18/h4-8,16,20H,1-3H3. The van der Waals surface area contributed by atoms with E-state index in [9.17, 15) is 4.39 Å². The second-order valence-electron chi connectivity index (χ2n) is 4.91. The highest BCUT2D eigenvalue weighted by Crippen LogP contribution is 2.31. The van der Waals surface area contributed by atoms with Crippen LogP contribution < -0.4 is 5.32 Å². The Kier molecular flexibility index (Phi) is 4.69. The van der Waals surface area contributed by atoms with E-state index in [4.69, 9.17) is 23.2 Å². The Morgan fingerprint density at radius 3 is 2.35 bits per heavy atom. The number of aryl methyl sites for hydroxylation is 2. The van der Waals surface area contributed by atoms with Crippen LogP contribution >= 0.6 is 23.2 Å². The summed E-state index contributed by atoms with van der Waals surface area (Å²) in [5, 5.41) is 4.29. The number of hydrogen-bond acceptors (Lipinski definition) is 1. The summed E-state index contributed by atoms with van der Waals surface area (Å²) in [6.45, 7) is 3.71. The quantitative estimate of drug-likeness (QED) is 0.835. The zero-order valence-corrected chi connectivity index (χ0v) is 13.1. The van der Waals surface area contributed by atoms with Crippen molar-refractivity contribution >= 4 is 23.2 Å². The molecular weight excluding hydrogens is 296 g/mol. The Morgan fingerprint density at radius 2 is 1.75 bits per heavy atom. The molecule has 1 unspecified atom stereocenters. The normalized spacial score (nSPS) is 12.5. The number of benzene rings is 2. The fraction of sp³-hybridized carbons (Fsp3) is 0.250. The van der Waals surface area contributed by atoms with E-state index in [1.54, 1.807) is 13.0 Å². The van der Waals surface area contributed by atoms with Gasteiger partial charge in [0, 0.05) is 10.0 Å². The van der Waals surface area contributed by atoms with Crippen LogP contribution in [-0.2, 0) is 0 Å². The number of rotatable bonds is 3. The lowest BCUT2D eigenvalue weighted by Gasteiger charge is -2.20. The van der Waals surface area contributed by atoms with Gasteiger partial charge >= 0.3 is 0 Å². The van der Waals surface area contributed by atoms with E-state index in [0.29, 0.717) is 15.6 Å². The van der Waals surface area contributed by atoms with Crippen molar-refractivity contribution in [1.82, 2.24) is 5.32 Å². The summed E-state index contributed by atoms with van der Waals surface area (Å²) < 4.78 is 13.5. The fourth-order valence-electron chi connectivity index (χ4n) is 2.33. The van der Waals surface area contributed by atoms with E-state index in [-0.39, 0.29) is 11.9 Å². The van der Waals surface area contributed by atoms with Gasteiger partial charge in [-0.3, -0.25) is 0 Å². The van der Waals surface area contributed by atoms with Crippen molar-refractivity contribution in [1.29, 1.82) is 0 Å². The molecule has 2 rings (SSSR count). The molecule has 2 aromatic rings. The summed E-state index contributed by atoms with van der Waals surface area (Å²) in [4.78, 5) is 0. The maximum Gasteiger partial charge on any atom is 0.127 e. The molecule has 4 heteroatoms. The van der Waals surface area contributed by atoms with Crippen molar-refractivity contribution in [3.63, 3.8) is 0 Å². The summed E-state index contributed by atoms with van der Waals surface area (Å²) in [6.07, 6.45) is 0. The first kappa shape index (κ1) is 15.3. The molecule has 1 nitrogen and oxygen atoms in total. The van der Waals surface area contributed by atoms with Gasteiger partial charge < -0.3 is 5.32 Å². The molecule has 0 saturated heterocycles. The van der Waals surface area contributed by atoms with E-state index in [2.05, 4.69) is 5.32 Å². The van der Waals surface area contributed by atoms with E-state index >= 15 is 0 Å². The van der Waals surface area contributed by atoms with Crippen molar-refractivity contribution < 1.29 is 4.39 Å². The highest BCUT2D eigenvalue weighted by Gasteiger charge is 2.17. The number of nitrogens with one attached hydrogen (secondary N) is 1. The monoisotopic (exact) mass is 311 g/mol. The van der Waals surface area contributed by atoms with Crippen LogP contribution in [0.2, 0.25) is 10.0 Å². The lowest BCUT2D eigenvalue weighted by atomic mass is 9.96. The smallest absolute Gasteiger partial charge is 0.127 e. The van der Waals surface area contributed by atoms with Crippen molar-refractivity contribution in [2.75, 3.05) is 7.05 Å². The molecule has 0 aromatic heterocycles. The Balaban J connectivity index is 2.55. The van der Waals surface area contributed by atoms with Gasteiger partial charge in [-0.15, -0.1) is 0 Å². The van der Waals surface area contributed by atoms with Crippen LogP contribution in [0.4, 0.5) is 4.39 Å². The third-order valence-corrected chi connectivity index (χ3v) is 3.82. The third kappa shape index (κ3) is 3.14. The van der Waals surface area contributed by atoms with Gasteiger partial charge in [-0.25, -0.2) is 4.39 Å². The Morgan fingerprint density at radius 1 is 1.05 bits per heavy atom. The molecule has 0 radical (unpaired) electrons. The minimum atomic E-state index is -0.295. The molecule has 20 heavy (non-hydrogen) atoms. The van der Waals surface area contributed by atoms with Crippen LogP contribution in [0.3, 0.4) is 0 Å². The molecule has 1 N–H and O–H groups in total. The zero-order valence-electron chi connectivity index (χ0n) is 11.6. The molecule has 0 bridgehead atoms. The van der Waals surface area contributed by atoms with Gasteiger partial charge in [-0.05, 0) is 67.4 Å². The van der Waals surface area contributed by atoms with Crippen molar-refractivity contribution in [3.05, 3.63) is 68.4 Å². The molecule has 1 atom stereocenters. The largest absolute Gasteiger partial charge is 0.309 e. The summed E-state index contributed by atoms with van der Waals surface area (Å²) in [5.74, 6) is -0.295. The number of halogens is 3. The van der Waals surface area contributed by atoms with Crippen molar-refractivity contribution in [3.8, 4) is 0 Å². The molecule has 0 aliphatic carbocycles. The predicted molar refractivity (Wildman–Crippen MR) is 83.2 cm³/mol. The lowest BCUT2D eigenvalue weighted by molar-refractivity contribution is 0.614. The topological polar surface area (TPSA) is 12.0 Å². The van der Waals surface area contributed by atoms with Gasteiger partial charge in [-0.1, -0.05) is 29.3 Å². The SMILES string of the molecule is CNC(c1cc(C)cc(Cl)c1)c1cc(C)c(F)cc1Cl. The zero-order chi connectivity index (χ0) is 14.9. The predicted octanol–water partition coefficient (Wildman–Crippen LogP) is 5.06. The Bertz CT molecular complexity index is 620. The average molecular weight is 312 g/mol.